The molecule has 0 fully saturated rings. The van der Waals surface area contributed by atoms with Crippen molar-refractivity contribution in [3.05, 3.63) is 77.6 Å². The molecule has 2 aromatic carbocycles. The Bertz CT molecular complexity index is 962. The molecule has 8 heteroatoms. The minimum Gasteiger partial charge on any atom is -0.354 e. The van der Waals surface area contributed by atoms with Gasteiger partial charge in [-0.15, -0.1) is 0 Å². The van der Waals surface area contributed by atoms with Crippen LogP contribution in [0.4, 0.5) is 13.2 Å². The van der Waals surface area contributed by atoms with Crippen molar-refractivity contribution in [3.8, 4) is 11.3 Å². The molecule has 27 heavy (non-hydrogen) atoms. The molecule has 0 atom stereocenters. The molecule has 1 heterocycles. The number of halogens is 3. The summed E-state index contributed by atoms with van der Waals surface area (Å²) in [7, 11) is 0. The Hall–Kier alpha value is -3.42. The maximum Gasteiger partial charge on any atom is 0.416 e. The minimum absolute atomic E-state index is 0.0536. The summed E-state index contributed by atoms with van der Waals surface area (Å²) in [6.07, 6.45) is -4.47. The molecule has 1 aromatic heterocycles. The minimum atomic E-state index is -4.47. The van der Waals surface area contributed by atoms with Gasteiger partial charge in [-0.3, -0.25) is 0 Å². The van der Waals surface area contributed by atoms with Crippen LogP contribution in [0.3, 0.4) is 0 Å². The molecule has 0 saturated heterocycles. The first-order valence-electron chi connectivity index (χ1n) is 7.80. The summed E-state index contributed by atoms with van der Waals surface area (Å²) < 4.78 is 42.8. The van der Waals surface area contributed by atoms with Crippen molar-refractivity contribution >= 4 is 11.7 Å². The molecule has 138 valence electrons. The number of aromatic nitrogens is 1. The lowest BCUT2D eigenvalue weighted by Crippen LogP contribution is -2.07. The summed E-state index contributed by atoms with van der Waals surface area (Å²) in [5.74, 6) is -0.583. The number of rotatable bonds is 4. The zero-order valence-corrected chi connectivity index (χ0v) is 14.0. The van der Waals surface area contributed by atoms with Crippen LogP contribution in [0.2, 0.25) is 0 Å². The van der Waals surface area contributed by atoms with E-state index in [-0.39, 0.29) is 11.3 Å². The lowest BCUT2D eigenvalue weighted by molar-refractivity contribution is -0.137. The summed E-state index contributed by atoms with van der Waals surface area (Å²) in [6, 6.07) is 14.6. The summed E-state index contributed by atoms with van der Waals surface area (Å²) in [5, 5.41) is 7.58. The Labute approximate surface area is 152 Å². The highest BCUT2D eigenvalue weighted by molar-refractivity contribution is 5.97. The van der Waals surface area contributed by atoms with E-state index in [0.717, 1.165) is 29.8 Å². The first-order chi connectivity index (χ1) is 12.8. The van der Waals surface area contributed by atoms with E-state index in [4.69, 9.17) is 9.36 Å². The van der Waals surface area contributed by atoms with Crippen molar-refractivity contribution in [2.24, 2.45) is 5.16 Å². The average molecular weight is 374 g/mol. The van der Waals surface area contributed by atoms with Crippen LogP contribution in [0.15, 0.2) is 70.3 Å². The fraction of sp³-hybridized carbons (Fsp3) is 0.105. The second-order valence-electron chi connectivity index (χ2n) is 5.57. The normalized spacial score (nSPS) is 12.1. The quantitative estimate of drug-likeness (QED) is 0.369. The molecule has 0 spiro atoms. The van der Waals surface area contributed by atoms with Crippen molar-refractivity contribution in [1.82, 2.24) is 5.16 Å². The SMILES string of the molecule is C/C(=N/OC(=O)c1ccc(C(F)(F)F)cc1)c1cc(-c2ccccc2)no1. The predicted molar refractivity (Wildman–Crippen MR) is 91.0 cm³/mol. The zero-order valence-electron chi connectivity index (χ0n) is 14.0. The molecule has 3 aromatic rings. The first-order valence-corrected chi connectivity index (χ1v) is 7.80. The van der Waals surface area contributed by atoms with E-state index in [0.29, 0.717) is 11.5 Å². The summed E-state index contributed by atoms with van der Waals surface area (Å²) in [5.41, 5.74) is 0.789. The molecule has 3 rings (SSSR count). The lowest BCUT2D eigenvalue weighted by Gasteiger charge is -2.06. The maximum atomic E-state index is 12.5. The van der Waals surface area contributed by atoms with Gasteiger partial charge >= 0.3 is 12.1 Å². The van der Waals surface area contributed by atoms with Gasteiger partial charge in [0, 0.05) is 11.6 Å². The van der Waals surface area contributed by atoms with Gasteiger partial charge in [0.05, 0.1) is 11.1 Å². The molecule has 5 nitrogen and oxygen atoms in total. The Balaban J connectivity index is 1.68. The molecule has 0 amide bonds. The number of benzene rings is 2. The van der Waals surface area contributed by atoms with Crippen LogP contribution in [0.25, 0.3) is 11.3 Å². The number of carbonyl (C=O) groups excluding carboxylic acids is 1. The Kier molecular flexibility index (Phi) is 5.07. The van der Waals surface area contributed by atoms with E-state index < -0.39 is 17.7 Å². The third-order valence-electron chi connectivity index (χ3n) is 3.65. The van der Waals surface area contributed by atoms with Crippen LogP contribution in [0.5, 0.6) is 0 Å². The Morgan fingerprint density at radius 3 is 2.37 bits per heavy atom. The number of hydrogen-bond donors (Lipinski definition) is 0. The van der Waals surface area contributed by atoms with E-state index in [1.165, 1.54) is 0 Å². The van der Waals surface area contributed by atoms with Crippen molar-refractivity contribution in [2.45, 2.75) is 13.1 Å². The van der Waals surface area contributed by atoms with E-state index in [2.05, 4.69) is 10.3 Å². The van der Waals surface area contributed by atoms with E-state index in [1.54, 1.807) is 13.0 Å². The number of oxime groups is 1. The highest BCUT2D eigenvalue weighted by Crippen LogP contribution is 2.29. The molecule has 0 aliphatic heterocycles. The molecule has 0 aliphatic rings. The van der Waals surface area contributed by atoms with Gasteiger partial charge in [0.15, 0.2) is 5.76 Å². The van der Waals surface area contributed by atoms with Crippen LogP contribution in [-0.2, 0) is 11.0 Å². The third-order valence-corrected chi connectivity index (χ3v) is 3.65. The predicted octanol–water partition coefficient (Wildman–Crippen LogP) is 4.94. The second-order valence-corrected chi connectivity index (χ2v) is 5.57. The molecular weight excluding hydrogens is 361 g/mol. The zero-order chi connectivity index (χ0) is 19.4. The summed E-state index contributed by atoms with van der Waals surface area (Å²) in [6.45, 7) is 1.55. The van der Waals surface area contributed by atoms with Crippen LogP contribution in [0, 0.1) is 0 Å². The van der Waals surface area contributed by atoms with E-state index >= 15 is 0 Å². The number of nitrogens with zero attached hydrogens (tertiary/aromatic N) is 2. The number of carbonyl (C=O) groups is 1. The van der Waals surface area contributed by atoms with Crippen LogP contribution < -0.4 is 0 Å². The highest BCUT2D eigenvalue weighted by atomic mass is 19.4. The fourth-order valence-electron chi connectivity index (χ4n) is 2.19. The number of alkyl halides is 3. The first kappa shape index (κ1) is 18.4. The monoisotopic (exact) mass is 374 g/mol. The average Bonchev–Trinajstić information content (AvgIpc) is 3.16. The van der Waals surface area contributed by atoms with Gasteiger partial charge in [-0.25, -0.2) is 4.79 Å². The van der Waals surface area contributed by atoms with Gasteiger partial charge in [-0.2, -0.15) is 13.2 Å². The van der Waals surface area contributed by atoms with Crippen LogP contribution in [-0.4, -0.2) is 16.8 Å². The van der Waals surface area contributed by atoms with E-state index in [1.807, 2.05) is 30.3 Å². The van der Waals surface area contributed by atoms with Gasteiger partial charge in [-0.1, -0.05) is 40.6 Å². The smallest absolute Gasteiger partial charge is 0.354 e. The van der Waals surface area contributed by atoms with Gasteiger partial charge in [-0.05, 0) is 31.2 Å². The van der Waals surface area contributed by atoms with Gasteiger partial charge in [0.2, 0.25) is 0 Å². The maximum absolute atomic E-state index is 12.5. The second kappa shape index (κ2) is 7.45. The summed E-state index contributed by atoms with van der Waals surface area (Å²) in [4.78, 5) is 16.7. The molecule has 0 aliphatic carbocycles. The molecule has 0 saturated carbocycles. The highest BCUT2D eigenvalue weighted by Gasteiger charge is 2.30. The third kappa shape index (κ3) is 4.41. The van der Waals surface area contributed by atoms with Crippen molar-refractivity contribution in [2.75, 3.05) is 0 Å². The van der Waals surface area contributed by atoms with Crippen molar-refractivity contribution in [3.63, 3.8) is 0 Å². The topological polar surface area (TPSA) is 64.7 Å². The molecule has 0 bridgehead atoms. The lowest BCUT2D eigenvalue weighted by atomic mass is 10.1. The van der Waals surface area contributed by atoms with Crippen LogP contribution >= 0.6 is 0 Å². The standard InChI is InChI=1S/C19H13F3N2O3/c1-12(17-11-16(24-26-17)13-5-3-2-4-6-13)23-27-18(25)14-7-9-15(10-8-14)19(20,21)22/h2-11H,1H3/b23-12-. The van der Waals surface area contributed by atoms with E-state index in [9.17, 15) is 18.0 Å². The van der Waals surface area contributed by atoms with Crippen LogP contribution in [0.1, 0.15) is 28.6 Å². The molecular formula is C19H13F3N2O3. The van der Waals surface area contributed by atoms with Crippen molar-refractivity contribution in [1.29, 1.82) is 0 Å². The van der Waals surface area contributed by atoms with Crippen molar-refractivity contribution < 1.29 is 27.3 Å². The van der Waals surface area contributed by atoms with Gasteiger partial charge < -0.3 is 9.36 Å². The molecule has 0 N–H and O–H groups in total. The van der Waals surface area contributed by atoms with Gasteiger partial charge in [0.25, 0.3) is 0 Å². The summed E-state index contributed by atoms with van der Waals surface area (Å²) >= 11 is 0. The largest absolute Gasteiger partial charge is 0.416 e. The van der Waals surface area contributed by atoms with Gasteiger partial charge in [0.1, 0.15) is 11.4 Å². The Morgan fingerprint density at radius 2 is 1.74 bits per heavy atom. The molecule has 0 unspecified atom stereocenters. The fourth-order valence-corrected chi connectivity index (χ4v) is 2.19. The number of hydrogen-bond acceptors (Lipinski definition) is 5. The Morgan fingerprint density at radius 1 is 1.07 bits per heavy atom. The molecule has 0 radical (unpaired) electrons.